The van der Waals surface area contributed by atoms with E-state index >= 15 is 0 Å². The van der Waals surface area contributed by atoms with Crippen LogP contribution in [0.2, 0.25) is 5.02 Å². The first-order valence-corrected chi connectivity index (χ1v) is 25.0. The largest absolute Gasteiger partial charge is 0.383 e. The van der Waals surface area contributed by atoms with Crippen LogP contribution >= 0.6 is 34.3 Å². The lowest BCUT2D eigenvalue weighted by Crippen LogP contribution is -2.44. The molecule has 388 valence electrons. The standard InChI is InChI=1S/C24H29N7O4S.C21H21ClN6O3S.C3H9NO/c1-29-10-12-30(13-11-29)18-6-4-17(5-7-18)27-24-28-23(25)22(36-24)21(32)16-3-8-19(26-9-14-35-2)20(15-16)31(33)34;1-26-8-10-27(11-9-26)15-5-3-14(4-6-15)24-21-25-20(23)19(32-21)18(29)13-2-7-16(22)17(12-13)28(30)31;1-5-3-2-4/h3-8,15,26H,9-14,25H2,1-2H3,(H,27,28);2-7,12H,8-11,23H2,1H3,(H,24,25);2-4H2,1H3. The molecule has 0 aliphatic carbocycles. The normalized spacial score (nSPS) is 13.8. The molecule has 0 radical (unpaired) electrons. The number of nitrogens with one attached hydrogen (secondary N) is 3. The van der Waals surface area contributed by atoms with Crippen LogP contribution in [0.1, 0.15) is 30.5 Å². The Morgan fingerprint density at radius 1 is 0.658 bits per heavy atom. The number of nitro benzene ring substituents is 2. The summed E-state index contributed by atoms with van der Waals surface area (Å²) >= 11 is 8.04. The van der Waals surface area contributed by atoms with Gasteiger partial charge in [-0.2, -0.15) is 0 Å². The topological polar surface area (TPSA) is 292 Å². The average Bonchev–Trinajstić information content (AvgIpc) is 3.95. The summed E-state index contributed by atoms with van der Waals surface area (Å²) in [7, 11) is 7.43. The van der Waals surface area contributed by atoms with Gasteiger partial charge in [-0.25, -0.2) is 9.97 Å². The molecule has 0 amide bonds. The van der Waals surface area contributed by atoms with Gasteiger partial charge in [0, 0.05) is 126 Å². The third-order valence-electron chi connectivity index (χ3n) is 11.5. The van der Waals surface area contributed by atoms with Crippen molar-refractivity contribution in [2.75, 3.05) is 144 Å². The molecule has 2 aliphatic heterocycles. The predicted octanol–water partition coefficient (Wildman–Crippen LogP) is 7.02. The maximum absolute atomic E-state index is 13.1. The van der Waals surface area contributed by atoms with E-state index in [1.807, 2.05) is 36.4 Å². The Balaban J connectivity index is 0.000000219. The van der Waals surface area contributed by atoms with Crippen LogP contribution < -0.4 is 43.0 Å². The number of hydrogen-bond donors (Lipinski definition) is 6. The van der Waals surface area contributed by atoms with Crippen molar-refractivity contribution >= 4 is 108 Å². The van der Waals surface area contributed by atoms with Crippen molar-refractivity contribution in [2.24, 2.45) is 5.73 Å². The Labute approximate surface area is 435 Å². The quantitative estimate of drug-likeness (QED) is 0.0218. The summed E-state index contributed by atoms with van der Waals surface area (Å²) < 4.78 is 9.53. The highest BCUT2D eigenvalue weighted by Crippen LogP contribution is 2.35. The fourth-order valence-electron chi connectivity index (χ4n) is 7.42. The summed E-state index contributed by atoms with van der Waals surface area (Å²) in [5.41, 5.74) is 21.0. The maximum atomic E-state index is 13.1. The molecule has 2 aliphatic rings. The Morgan fingerprint density at radius 3 is 1.48 bits per heavy atom. The molecule has 8 rings (SSSR count). The van der Waals surface area contributed by atoms with Crippen molar-refractivity contribution in [3.05, 3.63) is 131 Å². The number of halogens is 1. The fraction of sp³-hybridized carbons (Fsp3) is 0.333. The Kier molecular flexibility index (Phi) is 20.1. The van der Waals surface area contributed by atoms with Crippen molar-refractivity contribution < 1.29 is 28.9 Å². The van der Waals surface area contributed by atoms with Gasteiger partial charge in [0.15, 0.2) is 10.3 Å². The molecule has 0 unspecified atom stereocenters. The number of ketones is 2. The number of nitrogen functional groups attached to an aromatic ring is 2. The van der Waals surface area contributed by atoms with E-state index in [1.54, 1.807) is 14.2 Å². The van der Waals surface area contributed by atoms with Crippen LogP contribution in [-0.4, -0.2) is 148 Å². The summed E-state index contributed by atoms with van der Waals surface area (Å²) in [6.45, 7) is 10.2. The highest BCUT2D eigenvalue weighted by atomic mass is 35.5. The molecular formula is C48H59ClN14O8S2. The maximum Gasteiger partial charge on any atom is 0.293 e. The third kappa shape index (κ3) is 15.3. The lowest BCUT2D eigenvalue weighted by molar-refractivity contribution is -0.384. The van der Waals surface area contributed by atoms with Gasteiger partial charge in [-0.3, -0.25) is 29.8 Å². The van der Waals surface area contributed by atoms with Gasteiger partial charge in [0.1, 0.15) is 32.1 Å². The molecule has 4 heterocycles. The lowest BCUT2D eigenvalue weighted by atomic mass is 10.1. The van der Waals surface area contributed by atoms with E-state index in [-0.39, 0.29) is 48.9 Å². The van der Waals surface area contributed by atoms with Crippen LogP contribution in [0, 0.1) is 20.2 Å². The number of piperazine rings is 2. The number of likely N-dealkylation sites (N-methyl/N-ethyl adjacent to an activating group) is 2. The van der Waals surface area contributed by atoms with E-state index in [0.29, 0.717) is 42.3 Å². The molecule has 73 heavy (non-hydrogen) atoms. The lowest BCUT2D eigenvalue weighted by Gasteiger charge is -2.34. The van der Waals surface area contributed by atoms with Crippen LogP contribution in [-0.2, 0) is 9.47 Å². The highest BCUT2D eigenvalue weighted by Gasteiger charge is 2.25. The molecule has 6 aromatic rings. The Hall–Kier alpha value is -7.03. The number of methoxy groups -OCH3 is 2. The van der Waals surface area contributed by atoms with Gasteiger partial charge in [-0.15, -0.1) is 0 Å². The molecule has 0 saturated carbocycles. The molecule has 0 spiro atoms. The van der Waals surface area contributed by atoms with E-state index in [0.717, 1.165) is 104 Å². The minimum Gasteiger partial charge on any atom is -0.383 e. The molecule has 0 bridgehead atoms. The smallest absolute Gasteiger partial charge is 0.293 e. The summed E-state index contributed by atoms with van der Waals surface area (Å²) in [6, 6.07) is 24.2. The first-order chi connectivity index (χ1) is 35.1. The van der Waals surface area contributed by atoms with Gasteiger partial charge in [-0.05, 0) is 86.9 Å². The molecule has 4 aromatic carbocycles. The number of nitrogens with zero attached hydrogens (tertiary/aromatic N) is 8. The Bertz CT molecular complexity index is 2820. The van der Waals surface area contributed by atoms with Crippen molar-refractivity contribution in [3.63, 3.8) is 0 Å². The summed E-state index contributed by atoms with van der Waals surface area (Å²) in [5, 5.41) is 32.9. The number of aromatic nitrogens is 2. The van der Waals surface area contributed by atoms with Gasteiger partial charge < -0.3 is 62.2 Å². The van der Waals surface area contributed by atoms with E-state index in [1.165, 1.54) is 30.3 Å². The zero-order valence-electron chi connectivity index (χ0n) is 40.8. The number of carbonyl (C=O) groups excluding carboxylic acids is 2. The molecule has 0 atom stereocenters. The molecule has 2 saturated heterocycles. The second-order valence-electron chi connectivity index (χ2n) is 16.7. The van der Waals surface area contributed by atoms with Gasteiger partial charge >= 0.3 is 0 Å². The number of ether oxygens (including phenoxy) is 2. The highest BCUT2D eigenvalue weighted by molar-refractivity contribution is 7.18. The third-order valence-corrected chi connectivity index (χ3v) is 13.8. The van der Waals surface area contributed by atoms with Crippen LogP contribution in [0.4, 0.5) is 61.7 Å². The molecule has 25 heteroatoms. The zero-order valence-corrected chi connectivity index (χ0v) is 43.2. The number of thiazole rings is 2. The monoisotopic (exact) mass is 1060 g/mol. The second-order valence-corrected chi connectivity index (χ2v) is 19.1. The average molecular weight is 1060 g/mol. The van der Waals surface area contributed by atoms with Crippen LogP contribution in [0.15, 0.2) is 84.9 Å². The zero-order chi connectivity index (χ0) is 52.6. The summed E-state index contributed by atoms with van der Waals surface area (Å²) in [4.78, 5) is 65.7. The van der Waals surface area contributed by atoms with Crippen LogP contribution in [0.3, 0.4) is 0 Å². The fourth-order valence-corrected chi connectivity index (χ4v) is 9.34. The number of nitro groups is 2. The van der Waals surface area contributed by atoms with E-state index in [4.69, 9.17) is 33.5 Å². The summed E-state index contributed by atoms with van der Waals surface area (Å²) in [6.07, 6.45) is 0. The number of nitrogens with two attached hydrogens (primary N) is 3. The first-order valence-electron chi connectivity index (χ1n) is 23.0. The molecule has 2 fully saturated rings. The van der Waals surface area contributed by atoms with Gasteiger partial charge in [-0.1, -0.05) is 34.3 Å². The first kappa shape index (κ1) is 55.3. The number of benzene rings is 4. The van der Waals surface area contributed by atoms with E-state index < -0.39 is 21.4 Å². The van der Waals surface area contributed by atoms with E-state index in [9.17, 15) is 29.8 Å². The van der Waals surface area contributed by atoms with Gasteiger partial charge in [0.05, 0.1) is 23.1 Å². The number of carbonyl (C=O) groups is 2. The predicted molar refractivity (Wildman–Crippen MR) is 291 cm³/mol. The number of anilines is 9. The van der Waals surface area contributed by atoms with E-state index in [2.05, 4.69) is 76.5 Å². The van der Waals surface area contributed by atoms with Crippen molar-refractivity contribution in [2.45, 2.75) is 0 Å². The van der Waals surface area contributed by atoms with Crippen molar-refractivity contribution in [3.8, 4) is 0 Å². The second kappa shape index (κ2) is 26.6. The van der Waals surface area contributed by atoms with Gasteiger partial charge in [0.25, 0.3) is 11.4 Å². The molecular weight excluding hydrogens is 1000 g/mol. The number of hydrogen-bond acceptors (Lipinski definition) is 22. The minimum absolute atomic E-state index is 0.0359. The van der Waals surface area contributed by atoms with Crippen LogP contribution in [0.25, 0.3) is 0 Å². The SMILES string of the molecule is CN1CCN(c2ccc(Nc3nc(N)c(C(=O)c4ccc(Cl)c([N+](=O)[O-])c4)s3)cc2)CC1.COCCN.COCCNc1ccc(C(=O)c2sc(Nc3ccc(N4CCN(C)CC4)cc3)nc2N)cc1[N+](=O)[O-]. The molecule has 2 aromatic heterocycles. The van der Waals surface area contributed by atoms with Gasteiger partial charge in [0.2, 0.25) is 11.6 Å². The molecule has 22 nitrogen and oxygen atoms in total. The van der Waals surface area contributed by atoms with Crippen molar-refractivity contribution in [1.82, 2.24) is 19.8 Å². The van der Waals surface area contributed by atoms with Crippen molar-refractivity contribution in [1.29, 1.82) is 0 Å². The van der Waals surface area contributed by atoms with Crippen LogP contribution in [0.5, 0.6) is 0 Å². The minimum atomic E-state index is -0.631. The molecule has 9 N–H and O–H groups in total. The Morgan fingerprint density at radius 2 is 1.08 bits per heavy atom. The summed E-state index contributed by atoms with van der Waals surface area (Å²) in [5.74, 6) is -0.728. The number of rotatable bonds is 18.